The maximum Gasteiger partial charge on any atom is 0.0488 e. The van der Waals surface area contributed by atoms with E-state index in [1.165, 1.54) is 19.3 Å². The van der Waals surface area contributed by atoms with Gasteiger partial charge in [0.15, 0.2) is 0 Å². The summed E-state index contributed by atoms with van der Waals surface area (Å²) in [5.41, 5.74) is 0. The van der Waals surface area contributed by atoms with E-state index in [9.17, 15) is 0 Å². The molecular formula is C14H27NO. The standard InChI is InChI=1S/C14H27NO/c1-5-7-8-9-14(15-10-6-2)11-13(3)12-16-4/h1,13-15H,6-12H2,2-4H3. The Hall–Kier alpha value is -0.520. The van der Waals surface area contributed by atoms with Crippen molar-refractivity contribution < 1.29 is 4.74 Å². The van der Waals surface area contributed by atoms with E-state index in [-0.39, 0.29) is 0 Å². The third kappa shape index (κ3) is 8.76. The summed E-state index contributed by atoms with van der Waals surface area (Å²) < 4.78 is 5.17. The van der Waals surface area contributed by atoms with Crippen molar-refractivity contribution in [2.24, 2.45) is 5.92 Å². The lowest BCUT2D eigenvalue weighted by atomic mass is 9.98. The number of ether oxygens (including phenoxy) is 1. The highest BCUT2D eigenvalue weighted by molar-refractivity contribution is 4.84. The van der Waals surface area contributed by atoms with Crippen LogP contribution in [0.15, 0.2) is 0 Å². The van der Waals surface area contributed by atoms with Gasteiger partial charge in [-0.25, -0.2) is 0 Å². The van der Waals surface area contributed by atoms with Crippen molar-refractivity contribution in [1.29, 1.82) is 0 Å². The smallest absolute Gasteiger partial charge is 0.0488 e. The summed E-state index contributed by atoms with van der Waals surface area (Å²) in [5.74, 6) is 3.32. The molecule has 0 spiro atoms. The zero-order valence-electron chi connectivity index (χ0n) is 11.1. The zero-order chi connectivity index (χ0) is 12.2. The molecule has 2 unspecified atom stereocenters. The van der Waals surface area contributed by atoms with E-state index in [1.54, 1.807) is 7.11 Å². The fraction of sp³-hybridized carbons (Fsp3) is 0.857. The molecule has 0 bridgehead atoms. The van der Waals surface area contributed by atoms with E-state index in [0.29, 0.717) is 12.0 Å². The van der Waals surface area contributed by atoms with Crippen molar-refractivity contribution in [2.75, 3.05) is 20.3 Å². The molecule has 0 aromatic carbocycles. The molecule has 0 fully saturated rings. The average Bonchev–Trinajstić information content (AvgIpc) is 2.26. The highest BCUT2D eigenvalue weighted by atomic mass is 16.5. The number of unbranched alkanes of at least 4 members (excludes halogenated alkanes) is 1. The molecule has 0 heterocycles. The first kappa shape index (κ1) is 15.5. The molecule has 94 valence electrons. The van der Waals surface area contributed by atoms with Crippen LogP contribution >= 0.6 is 0 Å². The molecule has 16 heavy (non-hydrogen) atoms. The van der Waals surface area contributed by atoms with Gasteiger partial charge in [0, 0.05) is 26.2 Å². The van der Waals surface area contributed by atoms with Crippen molar-refractivity contribution >= 4 is 0 Å². The van der Waals surface area contributed by atoms with E-state index in [1.807, 2.05) is 0 Å². The number of methoxy groups -OCH3 is 1. The van der Waals surface area contributed by atoms with Gasteiger partial charge >= 0.3 is 0 Å². The molecule has 0 aromatic rings. The second kappa shape index (κ2) is 11.0. The van der Waals surface area contributed by atoms with Crippen molar-refractivity contribution in [2.45, 2.75) is 52.0 Å². The molecule has 0 saturated heterocycles. The number of hydrogen-bond acceptors (Lipinski definition) is 2. The maximum atomic E-state index is 5.27. The molecule has 0 aliphatic rings. The maximum absolute atomic E-state index is 5.27. The summed E-state index contributed by atoms with van der Waals surface area (Å²) >= 11 is 0. The minimum Gasteiger partial charge on any atom is -0.384 e. The average molecular weight is 225 g/mol. The molecule has 0 amide bonds. The number of rotatable bonds is 10. The van der Waals surface area contributed by atoms with E-state index in [2.05, 4.69) is 25.1 Å². The minimum atomic E-state index is 0.596. The fourth-order valence-electron chi connectivity index (χ4n) is 1.94. The van der Waals surface area contributed by atoms with Crippen LogP contribution in [0.2, 0.25) is 0 Å². The second-order valence-electron chi connectivity index (χ2n) is 4.54. The second-order valence-corrected chi connectivity index (χ2v) is 4.54. The van der Waals surface area contributed by atoms with E-state index in [0.717, 1.165) is 26.0 Å². The first-order valence-corrected chi connectivity index (χ1v) is 6.40. The molecule has 0 aromatic heterocycles. The van der Waals surface area contributed by atoms with Crippen LogP contribution < -0.4 is 5.32 Å². The lowest BCUT2D eigenvalue weighted by Gasteiger charge is -2.21. The lowest BCUT2D eigenvalue weighted by molar-refractivity contribution is 0.148. The van der Waals surface area contributed by atoms with Crippen LogP contribution in [-0.4, -0.2) is 26.3 Å². The van der Waals surface area contributed by atoms with Gasteiger partial charge in [-0.1, -0.05) is 13.8 Å². The number of terminal acetylenes is 1. The molecule has 0 radical (unpaired) electrons. The highest BCUT2D eigenvalue weighted by Gasteiger charge is 2.11. The van der Waals surface area contributed by atoms with Crippen molar-refractivity contribution in [1.82, 2.24) is 5.32 Å². The largest absolute Gasteiger partial charge is 0.384 e. The summed E-state index contributed by atoms with van der Waals surface area (Å²) in [4.78, 5) is 0. The van der Waals surface area contributed by atoms with Crippen LogP contribution in [0.25, 0.3) is 0 Å². The van der Waals surface area contributed by atoms with Gasteiger partial charge < -0.3 is 10.1 Å². The number of nitrogens with one attached hydrogen (secondary N) is 1. The van der Waals surface area contributed by atoms with Gasteiger partial charge in [0.25, 0.3) is 0 Å². The van der Waals surface area contributed by atoms with Crippen LogP contribution in [0.4, 0.5) is 0 Å². The SMILES string of the molecule is C#CCCCC(CC(C)COC)NCCC. The molecule has 0 aliphatic carbocycles. The Morgan fingerprint density at radius 1 is 1.44 bits per heavy atom. The molecule has 0 saturated carbocycles. The topological polar surface area (TPSA) is 21.3 Å². The van der Waals surface area contributed by atoms with Gasteiger partial charge in [0.1, 0.15) is 0 Å². The normalized spacial score (nSPS) is 14.4. The summed E-state index contributed by atoms with van der Waals surface area (Å²) in [6.07, 6.45) is 10.8. The first-order chi connectivity index (χ1) is 7.74. The molecule has 2 heteroatoms. The predicted molar refractivity (Wildman–Crippen MR) is 70.4 cm³/mol. The van der Waals surface area contributed by atoms with E-state index in [4.69, 9.17) is 11.2 Å². The summed E-state index contributed by atoms with van der Waals surface area (Å²) in [7, 11) is 1.77. The Kier molecular flexibility index (Phi) is 10.6. The Labute approximate surface area is 101 Å². The lowest BCUT2D eigenvalue weighted by Crippen LogP contribution is -2.32. The van der Waals surface area contributed by atoms with Crippen LogP contribution in [0, 0.1) is 18.3 Å². The Morgan fingerprint density at radius 2 is 2.19 bits per heavy atom. The Morgan fingerprint density at radius 3 is 2.75 bits per heavy atom. The van der Waals surface area contributed by atoms with Gasteiger partial charge in [0.05, 0.1) is 0 Å². The molecular weight excluding hydrogens is 198 g/mol. The third-order valence-corrected chi connectivity index (χ3v) is 2.69. The van der Waals surface area contributed by atoms with Gasteiger partial charge in [-0.15, -0.1) is 12.3 Å². The molecule has 1 N–H and O–H groups in total. The van der Waals surface area contributed by atoms with Crippen molar-refractivity contribution in [3.8, 4) is 12.3 Å². The first-order valence-electron chi connectivity index (χ1n) is 6.40. The molecule has 0 aliphatic heterocycles. The Balaban J connectivity index is 3.84. The van der Waals surface area contributed by atoms with Gasteiger partial charge in [0.2, 0.25) is 0 Å². The van der Waals surface area contributed by atoms with Crippen LogP contribution in [0.3, 0.4) is 0 Å². The van der Waals surface area contributed by atoms with Gasteiger partial charge in [-0.3, -0.25) is 0 Å². The van der Waals surface area contributed by atoms with E-state index >= 15 is 0 Å². The van der Waals surface area contributed by atoms with Crippen LogP contribution in [-0.2, 0) is 4.74 Å². The zero-order valence-corrected chi connectivity index (χ0v) is 11.1. The predicted octanol–water partition coefficient (Wildman–Crippen LogP) is 2.83. The quantitative estimate of drug-likeness (QED) is 0.456. The molecule has 2 atom stereocenters. The number of hydrogen-bond donors (Lipinski definition) is 1. The van der Waals surface area contributed by atoms with Crippen molar-refractivity contribution in [3.63, 3.8) is 0 Å². The summed E-state index contributed by atoms with van der Waals surface area (Å²) in [5, 5.41) is 3.59. The Bertz CT molecular complexity index is 186. The molecule has 2 nitrogen and oxygen atoms in total. The molecule has 0 rings (SSSR count). The van der Waals surface area contributed by atoms with Gasteiger partial charge in [-0.05, 0) is 38.1 Å². The highest BCUT2D eigenvalue weighted by Crippen LogP contribution is 2.12. The summed E-state index contributed by atoms with van der Waals surface area (Å²) in [6, 6.07) is 0.596. The minimum absolute atomic E-state index is 0.596. The van der Waals surface area contributed by atoms with Gasteiger partial charge in [-0.2, -0.15) is 0 Å². The monoisotopic (exact) mass is 225 g/mol. The summed E-state index contributed by atoms with van der Waals surface area (Å²) in [6.45, 7) is 6.38. The van der Waals surface area contributed by atoms with E-state index < -0.39 is 0 Å². The fourth-order valence-corrected chi connectivity index (χ4v) is 1.94. The third-order valence-electron chi connectivity index (χ3n) is 2.69. The van der Waals surface area contributed by atoms with Crippen LogP contribution in [0.5, 0.6) is 0 Å². The van der Waals surface area contributed by atoms with Crippen molar-refractivity contribution in [3.05, 3.63) is 0 Å². The van der Waals surface area contributed by atoms with Crippen LogP contribution in [0.1, 0.15) is 46.0 Å².